The van der Waals surface area contributed by atoms with Crippen LogP contribution in [0.5, 0.6) is 0 Å². The van der Waals surface area contributed by atoms with Gasteiger partial charge in [-0.3, -0.25) is 10.1 Å². The Kier molecular flexibility index (Phi) is 4.55. The number of hydrogen-bond donors (Lipinski definition) is 2. The van der Waals surface area contributed by atoms with Crippen LogP contribution in [0.4, 0.5) is 5.13 Å². The summed E-state index contributed by atoms with van der Waals surface area (Å²) in [6.45, 7) is 0.0312. The SMILES string of the molecule is O=C(Nc1ncc(C#CCCO)s1)c1cncnc1. The summed E-state index contributed by atoms with van der Waals surface area (Å²) < 4.78 is 0. The molecule has 2 heterocycles. The molecule has 0 saturated carbocycles. The van der Waals surface area contributed by atoms with Gasteiger partial charge in [0.05, 0.1) is 23.2 Å². The summed E-state index contributed by atoms with van der Waals surface area (Å²) >= 11 is 1.27. The normalized spacial score (nSPS) is 9.53. The summed E-state index contributed by atoms with van der Waals surface area (Å²) in [5, 5.41) is 11.7. The Hall–Kier alpha value is -2.30. The van der Waals surface area contributed by atoms with Crippen molar-refractivity contribution in [2.45, 2.75) is 6.42 Å². The van der Waals surface area contributed by atoms with E-state index in [1.165, 1.54) is 30.1 Å². The first-order chi connectivity index (χ1) is 9.29. The van der Waals surface area contributed by atoms with Gasteiger partial charge in [-0.25, -0.2) is 15.0 Å². The molecule has 2 N–H and O–H groups in total. The molecule has 0 aliphatic carbocycles. The van der Waals surface area contributed by atoms with Crippen molar-refractivity contribution in [3.8, 4) is 11.8 Å². The molecule has 0 saturated heterocycles. The number of nitrogens with one attached hydrogen (secondary N) is 1. The number of aromatic nitrogens is 3. The number of amides is 1. The van der Waals surface area contributed by atoms with Crippen LogP contribution in [0.1, 0.15) is 21.7 Å². The van der Waals surface area contributed by atoms with Crippen molar-refractivity contribution in [1.82, 2.24) is 15.0 Å². The minimum Gasteiger partial charge on any atom is -0.395 e. The number of anilines is 1. The topological polar surface area (TPSA) is 88.0 Å². The van der Waals surface area contributed by atoms with E-state index in [2.05, 4.69) is 32.1 Å². The first-order valence-corrected chi connectivity index (χ1v) is 6.23. The monoisotopic (exact) mass is 274 g/mol. The molecule has 0 radical (unpaired) electrons. The van der Waals surface area contributed by atoms with Crippen molar-refractivity contribution in [1.29, 1.82) is 0 Å². The van der Waals surface area contributed by atoms with E-state index in [0.717, 1.165) is 4.88 Å². The summed E-state index contributed by atoms with van der Waals surface area (Å²) in [4.78, 5) is 24.1. The van der Waals surface area contributed by atoms with Gasteiger partial charge in [0.25, 0.3) is 5.91 Å². The third kappa shape index (κ3) is 3.84. The highest BCUT2D eigenvalue weighted by Gasteiger charge is 2.08. The number of carbonyl (C=O) groups is 1. The summed E-state index contributed by atoms with van der Waals surface area (Å²) in [7, 11) is 0. The zero-order valence-corrected chi connectivity index (χ0v) is 10.6. The molecule has 2 aromatic rings. The van der Waals surface area contributed by atoms with Crippen LogP contribution >= 0.6 is 11.3 Å². The summed E-state index contributed by atoms with van der Waals surface area (Å²) in [6, 6.07) is 0. The smallest absolute Gasteiger partial charge is 0.260 e. The molecule has 6 nitrogen and oxygen atoms in total. The van der Waals surface area contributed by atoms with E-state index in [4.69, 9.17) is 5.11 Å². The lowest BCUT2D eigenvalue weighted by Gasteiger charge is -1.99. The minimum atomic E-state index is -0.315. The Morgan fingerprint density at radius 1 is 1.37 bits per heavy atom. The summed E-state index contributed by atoms with van der Waals surface area (Å²) in [6.07, 6.45) is 6.21. The van der Waals surface area contributed by atoms with E-state index in [0.29, 0.717) is 17.1 Å². The van der Waals surface area contributed by atoms with Crippen molar-refractivity contribution < 1.29 is 9.90 Å². The molecule has 0 unspecified atom stereocenters. The molecule has 1 amide bonds. The molecular formula is C12H10N4O2S. The molecule has 0 atom stereocenters. The van der Waals surface area contributed by atoms with Crippen LogP contribution in [0.25, 0.3) is 0 Å². The lowest BCUT2D eigenvalue weighted by molar-refractivity contribution is 0.102. The number of thiazole rings is 1. The van der Waals surface area contributed by atoms with Crippen molar-refractivity contribution >= 4 is 22.4 Å². The Morgan fingerprint density at radius 2 is 2.16 bits per heavy atom. The third-order valence-electron chi connectivity index (χ3n) is 2.00. The molecule has 0 aromatic carbocycles. The van der Waals surface area contributed by atoms with Crippen molar-refractivity contribution in [2.75, 3.05) is 11.9 Å². The first kappa shape index (κ1) is 13.1. The number of aliphatic hydroxyl groups is 1. The lowest BCUT2D eigenvalue weighted by atomic mass is 10.3. The Morgan fingerprint density at radius 3 is 2.89 bits per heavy atom. The number of nitrogens with zero attached hydrogens (tertiary/aromatic N) is 3. The number of rotatable bonds is 3. The van der Waals surface area contributed by atoms with Gasteiger partial charge in [0.1, 0.15) is 6.33 Å². The van der Waals surface area contributed by atoms with E-state index >= 15 is 0 Å². The van der Waals surface area contributed by atoms with E-state index in [-0.39, 0.29) is 12.5 Å². The largest absolute Gasteiger partial charge is 0.395 e. The molecule has 0 aliphatic rings. The second-order valence-electron chi connectivity index (χ2n) is 3.39. The molecule has 19 heavy (non-hydrogen) atoms. The first-order valence-electron chi connectivity index (χ1n) is 5.41. The Labute approximate surface area is 113 Å². The fourth-order valence-corrected chi connectivity index (χ4v) is 1.87. The van der Waals surface area contributed by atoms with Gasteiger partial charge in [0.2, 0.25) is 0 Å². The highest BCUT2D eigenvalue weighted by Crippen LogP contribution is 2.17. The van der Waals surface area contributed by atoms with Gasteiger partial charge < -0.3 is 5.11 Å². The van der Waals surface area contributed by atoms with Gasteiger partial charge in [-0.05, 0) is 0 Å². The second-order valence-corrected chi connectivity index (χ2v) is 4.42. The van der Waals surface area contributed by atoms with Gasteiger partial charge >= 0.3 is 0 Å². The van der Waals surface area contributed by atoms with Crippen molar-refractivity contribution in [3.05, 3.63) is 35.4 Å². The van der Waals surface area contributed by atoms with E-state index < -0.39 is 0 Å². The zero-order valence-electron chi connectivity index (χ0n) is 9.83. The molecule has 2 rings (SSSR count). The number of aliphatic hydroxyl groups excluding tert-OH is 1. The zero-order chi connectivity index (χ0) is 13.5. The van der Waals surface area contributed by atoms with Crippen molar-refractivity contribution in [3.63, 3.8) is 0 Å². The van der Waals surface area contributed by atoms with E-state index in [1.54, 1.807) is 6.20 Å². The molecule has 0 aliphatic heterocycles. The van der Waals surface area contributed by atoms with E-state index in [1.807, 2.05) is 0 Å². The van der Waals surface area contributed by atoms with Crippen LogP contribution < -0.4 is 5.32 Å². The van der Waals surface area contributed by atoms with Crippen LogP contribution in [0.3, 0.4) is 0 Å². The molecule has 2 aromatic heterocycles. The van der Waals surface area contributed by atoms with Crippen LogP contribution in [0.2, 0.25) is 0 Å². The van der Waals surface area contributed by atoms with E-state index in [9.17, 15) is 4.79 Å². The standard InChI is InChI=1S/C12H10N4O2S/c17-4-2-1-3-10-7-15-12(19-10)16-11(18)9-5-13-8-14-6-9/h5-8,17H,2,4H2,(H,15,16,18). The summed E-state index contributed by atoms with van der Waals surface area (Å²) in [5.41, 5.74) is 0.366. The van der Waals surface area contributed by atoms with Crippen LogP contribution in [0, 0.1) is 11.8 Å². The van der Waals surface area contributed by atoms with Crippen molar-refractivity contribution in [2.24, 2.45) is 0 Å². The number of carbonyl (C=O) groups excluding carboxylic acids is 1. The highest BCUT2D eigenvalue weighted by molar-refractivity contribution is 7.16. The predicted molar refractivity (Wildman–Crippen MR) is 70.7 cm³/mol. The number of hydrogen-bond acceptors (Lipinski definition) is 6. The average molecular weight is 274 g/mol. The fraction of sp³-hybridized carbons (Fsp3) is 0.167. The maximum absolute atomic E-state index is 11.8. The minimum absolute atomic E-state index is 0.0312. The second kappa shape index (κ2) is 6.58. The lowest BCUT2D eigenvalue weighted by Crippen LogP contribution is -2.12. The highest BCUT2D eigenvalue weighted by atomic mass is 32.1. The summed E-state index contributed by atoms with van der Waals surface area (Å²) in [5.74, 6) is 5.32. The van der Waals surface area contributed by atoms with Gasteiger partial charge in [0, 0.05) is 18.8 Å². The van der Waals surface area contributed by atoms with Crippen LogP contribution in [-0.2, 0) is 0 Å². The fourth-order valence-electron chi connectivity index (χ4n) is 1.18. The van der Waals surface area contributed by atoms with Crippen LogP contribution in [-0.4, -0.2) is 32.6 Å². The third-order valence-corrected chi connectivity index (χ3v) is 2.83. The molecule has 96 valence electrons. The maximum Gasteiger partial charge on any atom is 0.260 e. The quantitative estimate of drug-likeness (QED) is 0.813. The van der Waals surface area contributed by atoms with Gasteiger partial charge in [-0.15, -0.1) is 0 Å². The van der Waals surface area contributed by atoms with Gasteiger partial charge in [0.15, 0.2) is 5.13 Å². The van der Waals surface area contributed by atoms with Gasteiger partial charge in [-0.1, -0.05) is 23.2 Å². The molecule has 0 spiro atoms. The molecule has 7 heteroatoms. The molecule has 0 bridgehead atoms. The average Bonchev–Trinajstić information content (AvgIpc) is 2.88. The maximum atomic E-state index is 11.8. The molecular weight excluding hydrogens is 264 g/mol. The Bertz CT molecular complexity index is 615. The molecule has 0 fully saturated rings. The van der Waals surface area contributed by atoms with Gasteiger partial charge in [-0.2, -0.15) is 0 Å². The van der Waals surface area contributed by atoms with Crippen LogP contribution in [0.15, 0.2) is 24.9 Å². The predicted octanol–water partition coefficient (Wildman–Crippen LogP) is 0.919. The Balaban J connectivity index is 2.01.